The van der Waals surface area contributed by atoms with Crippen molar-refractivity contribution in [1.82, 2.24) is 5.43 Å². The van der Waals surface area contributed by atoms with Crippen LogP contribution >= 0.6 is 11.3 Å². The van der Waals surface area contributed by atoms with Crippen molar-refractivity contribution in [2.75, 3.05) is 0 Å². The number of hydrazine groups is 1. The molecule has 0 radical (unpaired) electrons. The standard InChI is InChI=1S/C6H7N3O2S/c7-8-6(10)5(9-11)4-2-1-3-12-4/h1-3,11H,7H2,(H,8,10)/b9-5-. The van der Waals surface area contributed by atoms with Crippen molar-refractivity contribution in [3.63, 3.8) is 0 Å². The number of nitrogens with one attached hydrogen (secondary N) is 1. The molecule has 0 saturated carbocycles. The molecule has 1 rings (SSSR count). The van der Waals surface area contributed by atoms with E-state index in [1.54, 1.807) is 17.5 Å². The van der Waals surface area contributed by atoms with Gasteiger partial charge in [0.2, 0.25) is 0 Å². The minimum absolute atomic E-state index is 0.0764. The third kappa shape index (κ3) is 1.60. The maximum Gasteiger partial charge on any atom is 0.288 e. The second-order valence-corrected chi connectivity index (χ2v) is 2.85. The summed E-state index contributed by atoms with van der Waals surface area (Å²) in [5.41, 5.74) is 1.80. The quantitative estimate of drug-likeness (QED) is 0.198. The number of carbonyl (C=O) groups is 1. The van der Waals surface area contributed by atoms with Crippen LogP contribution in [0.2, 0.25) is 0 Å². The summed E-state index contributed by atoms with van der Waals surface area (Å²) in [5, 5.41) is 13.1. The molecular weight excluding hydrogens is 178 g/mol. The third-order valence-corrected chi connectivity index (χ3v) is 2.08. The van der Waals surface area contributed by atoms with E-state index in [0.717, 1.165) is 0 Å². The molecular formula is C6H7N3O2S. The number of amides is 1. The SMILES string of the molecule is NNC(=O)/C(=N\O)c1cccs1. The van der Waals surface area contributed by atoms with E-state index in [1.165, 1.54) is 11.3 Å². The summed E-state index contributed by atoms with van der Waals surface area (Å²) in [6, 6.07) is 3.41. The number of thiophene rings is 1. The number of nitrogens with two attached hydrogens (primary N) is 1. The Morgan fingerprint density at radius 2 is 2.50 bits per heavy atom. The zero-order valence-electron chi connectivity index (χ0n) is 6.02. The first-order chi connectivity index (χ1) is 5.79. The first-order valence-corrected chi connectivity index (χ1v) is 3.94. The normalized spacial score (nSPS) is 11.2. The summed E-state index contributed by atoms with van der Waals surface area (Å²) in [7, 11) is 0. The molecule has 1 heterocycles. The van der Waals surface area contributed by atoms with Crippen LogP contribution in [0, 0.1) is 0 Å². The Hall–Kier alpha value is -1.40. The van der Waals surface area contributed by atoms with Crippen LogP contribution < -0.4 is 11.3 Å². The van der Waals surface area contributed by atoms with Crippen LogP contribution in [0.1, 0.15) is 4.88 Å². The largest absolute Gasteiger partial charge is 0.410 e. The van der Waals surface area contributed by atoms with E-state index in [-0.39, 0.29) is 5.71 Å². The summed E-state index contributed by atoms with van der Waals surface area (Å²) in [6.07, 6.45) is 0. The monoisotopic (exact) mass is 185 g/mol. The summed E-state index contributed by atoms with van der Waals surface area (Å²) < 4.78 is 0. The van der Waals surface area contributed by atoms with Gasteiger partial charge < -0.3 is 5.21 Å². The molecule has 0 aliphatic heterocycles. The fraction of sp³-hybridized carbons (Fsp3) is 0. The molecule has 4 N–H and O–H groups in total. The molecule has 0 bridgehead atoms. The van der Waals surface area contributed by atoms with Crippen LogP contribution in [0.25, 0.3) is 0 Å². The first kappa shape index (κ1) is 8.69. The average Bonchev–Trinajstić information content (AvgIpc) is 2.58. The molecule has 0 fully saturated rings. The molecule has 0 aliphatic rings. The van der Waals surface area contributed by atoms with Crippen molar-refractivity contribution in [2.24, 2.45) is 11.0 Å². The van der Waals surface area contributed by atoms with Gasteiger partial charge in [0.15, 0.2) is 5.71 Å². The minimum Gasteiger partial charge on any atom is -0.410 e. The zero-order chi connectivity index (χ0) is 8.97. The molecule has 6 heteroatoms. The highest BCUT2D eigenvalue weighted by atomic mass is 32.1. The molecule has 1 aromatic rings. The van der Waals surface area contributed by atoms with E-state index >= 15 is 0 Å². The summed E-state index contributed by atoms with van der Waals surface area (Å²) >= 11 is 1.29. The van der Waals surface area contributed by atoms with Crippen molar-refractivity contribution in [3.05, 3.63) is 22.4 Å². The molecule has 0 saturated heterocycles. The predicted molar refractivity (Wildman–Crippen MR) is 45.0 cm³/mol. The molecule has 0 spiro atoms. The highest BCUT2D eigenvalue weighted by molar-refractivity contribution is 7.13. The fourth-order valence-corrected chi connectivity index (χ4v) is 1.39. The lowest BCUT2D eigenvalue weighted by atomic mass is 10.3. The average molecular weight is 185 g/mol. The predicted octanol–water partition coefficient (Wildman–Crippen LogP) is -0.0837. The molecule has 0 unspecified atom stereocenters. The highest BCUT2D eigenvalue weighted by Gasteiger charge is 2.13. The van der Waals surface area contributed by atoms with E-state index in [4.69, 9.17) is 11.0 Å². The minimum atomic E-state index is -0.611. The second kappa shape index (κ2) is 3.84. The summed E-state index contributed by atoms with van der Waals surface area (Å²) in [5.74, 6) is 4.26. The van der Waals surface area contributed by atoms with Gasteiger partial charge in [0.25, 0.3) is 5.91 Å². The molecule has 12 heavy (non-hydrogen) atoms. The topological polar surface area (TPSA) is 87.7 Å². The Morgan fingerprint density at radius 3 is 2.92 bits per heavy atom. The van der Waals surface area contributed by atoms with Gasteiger partial charge in [-0.3, -0.25) is 10.2 Å². The number of hydrogen-bond acceptors (Lipinski definition) is 5. The van der Waals surface area contributed by atoms with Crippen molar-refractivity contribution >= 4 is 23.0 Å². The van der Waals surface area contributed by atoms with Crippen molar-refractivity contribution in [1.29, 1.82) is 0 Å². The number of nitrogens with zero attached hydrogens (tertiary/aromatic N) is 1. The Bertz CT molecular complexity index is 294. The maximum absolute atomic E-state index is 10.9. The second-order valence-electron chi connectivity index (χ2n) is 1.90. The van der Waals surface area contributed by atoms with E-state index in [9.17, 15) is 4.79 Å². The van der Waals surface area contributed by atoms with Gasteiger partial charge in [-0.1, -0.05) is 11.2 Å². The van der Waals surface area contributed by atoms with E-state index in [1.807, 2.05) is 5.43 Å². The Labute approximate surface area is 72.5 Å². The summed E-state index contributed by atoms with van der Waals surface area (Å²) in [6.45, 7) is 0. The molecule has 0 atom stereocenters. The van der Waals surface area contributed by atoms with Gasteiger partial charge in [0.1, 0.15) is 0 Å². The van der Waals surface area contributed by atoms with Gasteiger partial charge >= 0.3 is 0 Å². The van der Waals surface area contributed by atoms with Crippen LogP contribution in [0.3, 0.4) is 0 Å². The smallest absolute Gasteiger partial charge is 0.288 e. The van der Waals surface area contributed by atoms with Crippen LogP contribution in [-0.4, -0.2) is 16.8 Å². The molecule has 1 aromatic heterocycles. The lowest BCUT2D eigenvalue weighted by Crippen LogP contribution is -2.36. The Morgan fingerprint density at radius 1 is 1.75 bits per heavy atom. The zero-order valence-corrected chi connectivity index (χ0v) is 6.84. The van der Waals surface area contributed by atoms with Gasteiger partial charge in [0.05, 0.1) is 4.88 Å². The van der Waals surface area contributed by atoms with Crippen molar-refractivity contribution in [3.8, 4) is 0 Å². The number of hydrogen-bond donors (Lipinski definition) is 3. The summed E-state index contributed by atoms with van der Waals surface area (Å²) in [4.78, 5) is 11.5. The van der Waals surface area contributed by atoms with Crippen LogP contribution in [0.15, 0.2) is 22.7 Å². The van der Waals surface area contributed by atoms with Crippen LogP contribution in [-0.2, 0) is 4.79 Å². The number of carbonyl (C=O) groups excluding carboxylic acids is 1. The Kier molecular flexibility index (Phi) is 2.78. The molecule has 0 aromatic carbocycles. The van der Waals surface area contributed by atoms with Gasteiger partial charge in [-0.05, 0) is 11.4 Å². The van der Waals surface area contributed by atoms with Crippen LogP contribution in [0.4, 0.5) is 0 Å². The lowest BCUT2D eigenvalue weighted by molar-refractivity contribution is -0.114. The first-order valence-electron chi connectivity index (χ1n) is 3.06. The fourth-order valence-electron chi connectivity index (χ4n) is 0.688. The number of rotatable bonds is 2. The van der Waals surface area contributed by atoms with Crippen molar-refractivity contribution in [2.45, 2.75) is 0 Å². The maximum atomic E-state index is 10.9. The Balaban J connectivity index is 2.93. The van der Waals surface area contributed by atoms with Crippen molar-refractivity contribution < 1.29 is 10.0 Å². The third-order valence-electron chi connectivity index (χ3n) is 1.20. The lowest BCUT2D eigenvalue weighted by Gasteiger charge is -1.97. The molecule has 64 valence electrons. The van der Waals surface area contributed by atoms with Crippen LogP contribution in [0.5, 0.6) is 0 Å². The van der Waals surface area contributed by atoms with Gasteiger partial charge in [0, 0.05) is 0 Å². The molecule has 0 aliphatic carbocycles. The van der Waals surface area contributed by atoms with Gasteiger partial charge in [-0.15, -0.1) is 11.3 Å². The van der Waals surface area contributed by atoms with E-state index < -0.39 is 5.91 Å². The molecule has 5 nitrogen and oxygen atoms in total. The van der Waals surface area contributed by atoms with E-state index in [2.05, 4.69) is 5.16 Å². The van der Waals surface area contributed by atoms with Gasteiger partial charge in [-0.25, -0.2) is 5.84 Å². The van der Waals surface area contributed by atoms with E-state index in [0.29, 0.717) is 4.88 Å². The highest BCUT2D eigenvalue weighted by Crippen LogP contribution is 2.09. The number of oxime groups is 1. The van der Waals surface area contributed by atoms with Gasteiger partial charge in [-0.2, -0.15) is 0 Å². The molecule has 1 amide bonds.